The second kappa shape index (κ2) is 7.64. The second-order valence-electron chi connectivity index (χ2n) is 5.47. The number of nitrogens with one attached hydrogen (secondary N) is 2. The number of anilines is 2. The van der Waals surface area contributed by atoms with Crippen LogP contribution < -0.4 is 10.6 Å². The molecule has 4 nitrogen and oxygen atoms in total. The summed E-state index contributed by atoms with van der Waals surface area (Å²) in [6.07, 6.45) is 1.03. The largest absolute Gasteiger partial charge is 0.332 e. The van der Waals surface area contributed by atoms with Crippen LogP contribution in [-0.2, 0) is 6.42 Å². The van der Waals surface area contributed by atoms with E-state index in [1.807, 2.05) is 29.2 Å². The first-order chi connectivity index (χ1) is 11.7. The lowest BCUT2D eigenvalue weighted by molar-refractivity contribution is 0.674. The van der Waals surface area contributed by atoms with E-state index in [0.717, 1.165) is 30.3 Å². The number of aliphatic imine (C=N–C) groups is 1. The maximum atomic E-state index is 6.02. The standard InChI is InChI=1S/C18H19ClN4S/c1-2-13-6-8-15(9-7-13)21-17-20-10-11-23(17)18(24)22-16-5-3-4-14(19)12-16/h3-9,12H,2,10-11H2,1H3,(H,20,21)(H,22,24). The fourth-order valence-corrected chi connectivity index (χ4v) is 2.95. The Morgan fingerprint density at radius 2 is 2.00 bits per heavy atom. The molecule has 0 fully saturated rings. The molecule has 0 saturated heterocycles. The minimum absolute atomic E-state index is 0.603. The maximum absolute atomic E-state index is 6.02. The third kappa shape index (κ3) is 4.04. The fraction of sp³-hybridized carbons (Fsp3) is 0.222. The summed E-state index contributed by atoms with van der Waals surface area (Å²) in [6.45, 7) is 3.61. The van der Waals surface area contributed by atoms with E-state index < -0.39 is 0 Å². The van der Waals surface area contributed by atoms with Crippen molar-refractivity contribution in [3.8, 4) is 0 Å². The minimum atomic E-state index is 0.603. The van der Waals surface area contributed by atoms with E-state index in [0.29, 0.717) is 16.7 Å². The van der Waals surface area contributed by atoms with E-state index in [1.54, 1.807) is 0 Å². The lowest BCUT2D eigenvalue weighted by Crippen LogP contribution is -2.40. The van der Waals surface area contributed by atoms with Crippen LogP contribution >= 0.6 is 23.8 Å². The van der Waals surface area contributed by atoms with Crippen molar-refractivity contribution >= 4 is 46.3 Å². The highest BCUT2D eigenvalue weighted by Gasteiger charge is 2.21. The third-order valence-electron chi connectivity index (χ3n) is 3.78. The summed E-state index contributed by atoms with van der Waals surface area (Å²) in [5, 5.41) is 7.83. The number of hydrogen-bond acceptors (Lipinski definition) is 3. The summed E-state index contributed by atoms with van der Waals surface area (Å²) in [6, 6.07) is 15.9. The molecule has 0 amide bonds. The van der Waals surface area contributed by atoms with Crippen LogP contribution in [0.15, 0.2) is 53.5 Å². The smallest absolute Gasteiger partial charge is 0.204 e. The number of thiocarbonyl (C=S) groups is 1. The average Bonchev–Trinajstić information content (AvgIpc) is 3.04. The van der Waals surface area contributed by atoms with Gasteiger partial charge in [-0.3, -0.25) is 9.89 Å². The fourth-order valence-electron chi connectivity index (χ4n) is 2.46. The topological polar surface area (TPSA) is 39.7 Å². The molecule has 2 aromatic carbocycles. The number of halogens is 1. The summed E-state index contributed by atoms with van der Waals surface area (Å²) < 4.78 is 0. The van der Waals surface area contributed by atoms with Crippen molar-refractivity contribution in [3.05, 3.63) is 59.1 Å². The number of hydrogen-bond donors (Lipinski definition) is 2. The summed E-state index contributed by atoms with van der Waals surface area (Å²) in [5.74, 6) is 0.763. The van der Waals surface area contributed by atoms with Crippen LogP contribution in [0.5, 0.6) is 0 Å². The molecule has 6 heteroatoms. The van der Waals surface area contributed by atoms with E-state index in [1.165, 1.54) is 5.56 Å². The van der Waals surface area contributed by atoms with Crippen molar-refractivity contribution in [2.45, 2.75) is 13.3 Å². The molecule has 24 heavy (non-hydrogen) atoms. The van der Waals surface area contributed by atoms with Crippen LogP contribution in [-0.4, -0.2) is 29.1 Å². The molecule has 0 saturated carbocycles. The Morgan fingerprint density at radius 3 is 2.71 bits per heavy atom. The summed E-state index contributed by atoms with van der Waals surface area (Å²) >= 11 is 11.5. The van der Waals surface area contributed by atoms with Gasteiger partial charge in [-0.05, 0) is 54.5 Å². The predicted molar refractivity (Wildman–Crippen MR) is 106 cm³/mol. The van der Waals surface area contributed by atoms with Gasteiger partial charge in [0, 0.05) is 22.9 Å². The molecule has 0 atom stereocenters. The summed E-state index contributed by atoms with van der Waals surface area (Å²) in [7, 11) is 0. The Labute approximate surface area is 152 Å². The quantitative estimate of drug-likeness (QED) is 0.798. The molecule has 124 valence electrons. The Hall–Kier alpha value is -2.11. The van der Waals surface area contributed by atoms with Crippen LogP contribution in [0, 0.1) is 0 Å². The molecule has 0 aliphatic carbocycles. The lowest BCUT2D eigenvalue weighted by Gasteiger charge is -2.22. The van der Waals surface area contributed by atoms with Gasteiger partial charge in [0.2, 0.25) is 5.96 Å². The molecule has 1 heterocycles. The van der Waals surface area contributed by atoms with Gasteiger partial charge >= 0.3 is 0 Å². The highest BCUT2D eigenvalue weighted by atomic mass is 35.5. The Bertz CT molecular complexity index is 758. The average molecular weight is 359 g/mol. The molecular formula is C18H19ClN4S. The van der Waals surface area contributed by atoms with Gasteiger partial charge in [-0.1, -0.05) is 36.7 Å². The molecule has 1 aliphatic heterocycles. The van der Waals surface area contributed by atoms with Crippen LogP contribution in [0.3, 0.4) is 0 Å². The number of benzene rings is 2. The third-order valence-corrected chi connectivity index (χ3v) is 4.34. The molecule has 3 rings (SSSR count). The van der Waals surface area contributed by atoms with Gasteiger partial charge in [-0.2, -0.15) is 0 Å². The van der Waals surface area contributed by atoms with Crippen molar-refractivity contribution in [1.29, 1.82) is 0 Å². The van der Waals surface area contributed by atoms with Crippen molar-refractivity contribution in [3.63, 3.8) is 0 Å². The van der Waals surface area contributed by atoms with Crippen molar-refractivity contribution in [2.75, 3.05) is 23.7 Å². The molecule has 2 aromatic rings. The molecule has 0 aromatic heterocycles. The van der Waals surface area contributed by atoms with E-state index in [9.17, 15) is 0 Å². The van der Waals surface area contributed by atoms with Crippen molar-refractivity contribution in [1.82, 2.24) is 4.90 Å². The molecule has 0 unspecified atom stereocenters. The van der Waals surface area contributed by atoms with Gasteiger partial charge in [0.15, 0.2) is 5.11 Å². The van der Waals surface area contributed by atoms with Gasteiger partial charge in [-0.15, -0.1) is 0 Å². The van der Waals surface area contributed by atoms with Gasteiger partial charge < -0.3 is 10.6 Å². The van der Waals surface area contributed by atoms with E-state index in [2.05, 4.69) is 46.8 Å². The van der Waals surface area contributed by atoms with E-state index >= 15 is 0 Å². The highest BCUT2D eigenvalue weighted by Crippen LogP contribution is 2.17. The molecule has 2 N–H and O–H groups in total. The first-order valence-corrected chi connectivity index (χ1v) is 8.69. The van der Waals surface area contributed by atoms with Crippen molar-refractivity contribution in [2.24, 2.45) is 4.99 Å². The van der Waals surface area contributed by atoms with Crippen LogP contribution in [0.2, 0.25) is 5.02 Å². The molecular weight excluding hydrogens is 340 g/mol. The zero-order valence-electron chi connectivity index (χ0n) is 13.4. The monoisotopic (exact) mass is 358 g/mol. The normalized spacial score (nSPS) is 13.6. The van der Waals surface area contributed by atoms with Gasteiger partial charge in [-0.25, -0.2) is 0 Å². The van der Waals surface area contributed by atoms with Crippen molar-refractivity contribution < 1.29 is 0 Å². The highest BCUT2D eigenvalue weighted by molar-refractivity contribution is 7.80. The number of nitrogens with zero attached hydrogens (tertiary/aromatic N) is 2. The van der Waals surface area contributed by atoms with Crippen LogP contribution in [0.1, 0.15) is 12.5 Å². The number of aryl methyl sites for hydroxylation is 1. The summed E-state index contributed by atoms with van der Waals surface area (Å²) in [5.41, 5.74) is 3.18. The Morgan fingerprint density at radius 1 is 1.21 bits per heavy atom. The second-order valence-corrected chi connectivity index (χ2v) is 6.30. The number of rotatable bonds is 3. The van der Waals surface area contributed by atoms with Gasteiger partial charge in [0.1, 0.15) is 0 Å². The lowest BCUT2D eigenvalue weighted by atomic mass is 10.1. The van der Waals surface area contributed by atoms with Crippen LogP contribution in [0.4, 0.5) is 11.4 Å². The molecule has 1 aliphatic rings. The predicted octanol–water partition coefficient (Wildman–Crippen LogP) is 4.38. The zero-order valence-corrected chi connectivity index (χ0v) is 15.0. The molecule has 0 spiro atoms. The van der Waals surface area contributed by atoms with Gasteiger partial charge in [0.05, 0.1) is 6.54 Å². The maximum Gasteiger partial charge on any atom is 0.204 e. The molecule has 0 bridgehead atoms. The van der Waals surface area contributed by atoms with E-state index in [4.69, 9.17) is 23.8 Å². The first kappa shape index (κ1) is 16.7. The van der Waals surface area contributed by atoms with Crippen LogP contribution in [0.25, 0.3) is 0 Å². The zero-order chi connectivity index (χ0) is 16.9. The SMILES string of the molecule is CCc1ccc(NC2=NCCN2C(=S)Nc2cccc(Cl)c2)cc1. The van der Waals surface area contributed by atoms with E-state index in [-0.39, 0.29) is 0 Å². The first-order valence-electron chi connectivity index (χ1n) is 7.90. The Balaban J connectivity index is 1.66. The Kier molecular flexibility index (Phi) is 5.33. The number of guanidine groups is 1. The van der Waals surface area contributed by atoms with Gasteiger partial charge in [0.25, 0.3) is 0 Å². The summed E-state index contributed by atoms with van der Waals surface area (Å²) in [4.78, 5) is 6.48. The minimum Gasteiger partial charge on any atom is -0.332 e. The molecule has 0 radical (unpaired) electrons.